The average molecular weight is 213 g/mol. The van der Waals surface area contributed by atoms with E-state index in [2.05, 4.69) is 5.32 Å². The summed E-state index contributed by atoms with van der Waals surface area (Å²) in [6, 6.07) is 1.17. The summed E-state index contributed by atoms with van der Waals surface area (Å²) in [5.74, 6) is 0.495. The van der Waals surface area contributed by atoms with Crippen molar-refractivity contribution in [2.75, 3.05) is 19.8 Å². The van der Waals surface area contributed by atoms with Crippen molar-refractivity contribution in [3.8, 4) is 0 Å². The van der Waals surface area contributed by atoms with Crippen molar-refractivity contribution in [1.82, 2.24) is 5.32 Å². The number of aliphatic hydroxyl groups is 1. The topological polar surface area (TPSA) is 41.5 Å². The molecule has 0 aromatic carbocycles. The van der Waals surface area contributed by atoms with Gasteiger partial charge in [0.25, 0.3) is 0 Å². The van der Waals surface area contributed by atoms with Gasteiger partial charge in [-0.3, -0.25) is 0 Å². The first-order valence-corrected chi connectivity index (χ1v) is 6.35. The van der Waals surface area contributed by atoms with Crippen molar-refractivity contribution in [1.29, 1.82) is 0 Å². The Balaban J connectivity index is 1.78. The molecule has 88 valence electrons. The lowest BCUT2D eigenvalue weighted by molar-refractivity contribution is 0.141. The molecule has 1 saturated heterocycles. The molecule has 2 fully saturated rings. The Hall–Kier alpha value is -0.120. The van der Waals surface area contributed by atoms with E-state index in [-0.39, 0.29) is 0 Å². The van der Waals surface area contributed by atoms with Gasteiger partial charge >= 0.3 is 0 Å². The number of nitrogens with one attached hydrogen (secondary N) is 1. The minimum Gasteiger partial charge on any atom is -0.396 e. The zero-order valence-electron chi connectivity index (χ0n) is 9.45. The summed E-state index contributed by atoms with van der Waals surface area (Å²) >= 11 is 0. The maximum Gasteiger partial charge on any atom is 0.0480 e. The summed E-state index contributed by atoms with van der Waals surface area (Å²) in [5, 5.41) is 13.0. The normalized spacial score (nSPS) is 37.8. The van der Waals surface area contributed by atoms with Crippen LogP contribution >= 0.6 is 0 Å². The van der Waals surface area contributed by atoms with E-state index < -0.39 is 0 Å². The van der Waals surface area contributed by atoms with Gasteiger partial charge in [0.05, 0.1) is 0 Å². The van der Waals surface area contributed by atoms with Gasteiger partial charge in [0.1, 0.15) is 0 Å². The van der Waals surface area contributed by atoms with Crippen LogP contribution in [0.15, 0.2) is 0 Å². The van der Waals surface area contributed by atoms with Gasteiger partial charge in [0.15, 0.2) is 0 Å². The highest BCUT2D eigenvalue weighted by Crippen LogP contribution is 2.26. The van der Waals surface area contributed by atoms with E-state index in [0.717, 1.165) is 19.6 Å². The quantitative estimate of drug-likeness (QED) is 0.742. The molecule has 0 aromatic rings. The van der Waals surface area contributed by atoms with Gasteiger partial charge in [0, 0.05) is 31.9 Å². The maximum atomic E-state index is 9.26. The van der Waals surface area contributed by atoms with Crippen molar-refractivity contribution in [2.45, 2.75) is 50.6 Å². The van der Waals surface area contributed by atoms with Crippen LogP contribution in [0.1, 0.15) is 38.5 Å². The Morgan fingerprint density at radius 1 is 1.07 bits per heavy atom. The van der Waals surface area contributed by atoms with Crippen molar-refractivity contribution >= 4 is 0 Å². The van der Waals surface area contributed by atoms with Gasteiger partial charge in [-0.05, 0) is 38.0 Å². The molecule has 0 radical (unpaired) electrons. The van der Waals surface area contributed by atoms with Crippen LogP contribution in [0, 0.1) is 5.92 Å². The van der Waals surface area contributed by atoms with Crippen LogP contribution in [-0.2, 0) is 4.74 Å². The van der Waals surface area contributed by atoms with E-state index in [1.807, 2.05) is 0 Å². The molecule has 15 heavy (non-hydrogen) atoms. The largest absolute Gasteiger partial charge is 0.396 e. The monoisotopic (exact) mass is 213 g/mol. The highest BCUT2D eigenvalue weighted by Gasteiger charge is 2.28. The van der Waals surface area contributed by atoms with E-state index in [1.165, 1.54) is 32.1 Å². The number of ether oxygens (including phenoxy) is 1. The third-order valence-corrected chi connectivity index (χ3v) is 3.80. The molecule has 3 atom stereocenters. The van der Waals surface area contributed by atoms with Crippen LogP contribution in [-0.4, -0.2) is 37.0 Å². The van der Waals surface area contributed by atoms with Gasteiger partial charge in [-0.15, -0.1) is 0 Å². The van der Waals surface area contributed by atoms with Crippen molar-refractivity contribution in [2.24, 2.45) is 5.92 Å². The van der Waals surface area contributed by atoms with E-state index >= 15 is 0 Å². The Kier molecular flexibility index (Phi) is 4.42. The first-order valence-electron chi connectivity index (χ1n) is 6.35. The lowest BCUT2D eigenvalue weighted by Gasteiger charge is -2.25. The minimum atomic E-state index is 0.348. The summed E-state index contributed by atoms with van der Waals surface area (Å²) in [5.41, 5.74) is 0. The molecule has 0 amide bonds. The Morgan fingerprint density at radius 2 is 2.00 bits per heavy atom. The lowest BCUT2D eigenvalue weighted by atomic mass is 10.0. The third kappa shape index (κ3) is 3.16. The molecule has 2 rings (SSSR count). The van der Waals surface area contributed by atoms with Gasteiger partial charge in [-0.1, -0.05) is 6.42 Å². The molecule has 2 aliphatic rings. The molecule has 3 nitrogen and oxygen atoms in total. The van der Waals surface area contributed by atoms with Crippen LogP contribution in [0.25, 0.3) is 0 Å². The van der Waals surface area contributed by atoms with E-state index in [9.17, 15) is 5.11 Å². The van der Waals surface area contributed by atoms with Gasteiger partial charge in [0.2, 0.25) is 0 Å². The summed E-state index contributed by atoms with van der Waals surface area (Å²) in [6.07, 6.45) is 7.24. The molecule has 2 N–H and O–H groups in total. The van der Waals surface area contributed by atoms with Gasteiger partial charge < -0.3 is 15.2 Å². The molecule has 3 unspecified atom stereocenters. The SMILES string of the molecule is OCC1CCCC1NC1CCCOCC1. The fourth-order valence-electron chi connectivity index (χ4n) is 2.85. The molecule has 1 heterocycles. The van der Waals surface area contributed by atoms with Crippen LogP contribution in [0.4, 0.5) is 0 Å². The minimum absolute atomic E-state index is 0.348. The molecular weight excluding hydrogens is 190 g/mol. The van der Waals surface area contributed by atoms with E-state index in [0.29, 0.717) is 24.6 Å². The zero-order valence-corrected chi connectivity index (χ0v) is 9.45. The van der Waals surface area contributed by atoms with E-state index in [1.54, 1.807) is 0 Å². The number of hydrogen-bond acceptors (Lipinski definition) is 3. The summed E-state index contributed by atoms with van der Waals surface area (Å²) in [6.45, 7) is 2.17. The Labute approximate surface area is 92.2 Å². The lowest BCUT2D eigenvalue weighted by Crippen LogP contribution is -2.41. The molecule has 3 heteroatoms. The van der Waals surface area contributed by atoms with Crippen molar-refractivity contribution in [3.05, 3.63) is 0 Å². The van der Waals surface area contributed by atoms with Crippen LogP contribution in [0.5, 0.6) is 0 Å². The average Bonchev–Trinajstić information content (AvgIpc) is 2.53. The van der Waals surface area contributed by atoms with Gasteiger partial charge in [-0.25, -0.2) is 0 Å². The van der Waals surface area contributed by atoms with Crippen molar-refractivity contribution < 1.29 is 9.84 Å². The number of rotatable bonds is 3. The van der Waals surface area contributed by atoms with Gasteiger partial charge in [-0.2, -0.15) is 0 Å². The highest BCUT2D eigenvalue weighted by atomic mass is 16.5. The standard InChI is InChI=1S/C12H23NO2/c14-9-10-3-1-5-12(10)13-11-4-2-7-15-8-6-11/h10-14H,1-9H2. The second kappa shape index (κ2) is 5.83. The maximum absolute atomic E-state index is 9.26. The fraction of sp³-hybridized carbons (Fsp3) is 1.00. The third-order valence-electron chi connectivity index (χ3n) is 3.80. The highest BCUT2D eigenvalue weighted by molar-refractivity contribution is 4.85. The Morgan fingerprint density at radius 3 is 2.87 bits per heavy atom. The zero-order chi connectivity index (χ0) is 10.5. The second-order valence-electron chi connectivity index (χ2n) is 4.89. The van der Waals surface area contributed by atoms with Crippen molar-refractivity contribution in [3.63, 3.8) is 0 Å². The summed E-state index contributed by atoms with van der Waals surface area (Å²) in [4.78, 5) is 0. The molecule has 1 aliphatic heterocycles. The molecular formula is C12H23NO2. The number of aliphatic hydroxyl groups excluding tert-OH is 1. The molecule has 1 saturated carbocycles. The number of hydrogen-bond donors (Lipinski definition) is 2. The molecule has 1 aliphatic carbocycles. The van der Waals surface area contributed by atoms with E-state index in [4.69, 9.17) is 4.74 Å². The first-order chi connectivity index (χ1) is 7.40. The molecule has 0 spiro atoms. The predicted molar refractivity (Wildman–Crippen MR) is 59.8 cm³/mol. The molecule has 0 aromatic heterocycles. The fourth-order valence-corrected chi connectivity index (χ4v) is 2.85. The summed E-state index contributed by atoms with van der Waals surface area (Å²) in [7, 11) is 0. The Bertz CT molecular complexity index is 178. The first kappa shape index (κ1) is 11.4. The van der Waals surface area contributed by atoms with Crippen LogP contribution in [0.2, 0.25) is 0 Å². The van der Waals surface area contributed by atoms with Crippen LogP contribution in [0.3, 0.4) is 0 Å². The smallest absolute Gasteiger partial charge is 0.0480 e. The van der Waals surface area contributed by atoms with Crippen LogP contribution < -0.4 is 5.32 Å². The molecule has 0 bridgehead atoms. The summed E-state index contributed by atoms with van der Waals surface area (Å²) < 4.78 is 5.45. The second-order valence-corrected chi connectivity index (χ2v) is 4.89. The predicted octanol–water partition coefficient (Wildman–Crippen LogP) is 1.31.